The number of rotatable bonds is 6. The normalized spacial score (nSPS) is 12.6. The molecule has 0 bridgehead atoms. The second-order valence-corrected chi connectivity index (χ2v) is 5.45. The molecule has 0 aliphatic heterocycles. The van der Waals surface area contributed by atoms with Crippen LogP contribution in [0.25, 0.3) is 10.9 Å². The largest absolute Gasteiger partial charge is 0.357 e. The summed E-state index contributed by atoms with van der Waals surface area (Å²) in [6.45, 7) is 5.13. The van der Waals surface area contributed by atoms with Gasteiger partial charge in [-0.25, -0.2) is 4.98 Å². The minimum Gasteiger partial charge on any atom is -0.357 e. The number of nitrogens with two attached hydrogens (primary N) is 1. The lowest BCUT2D eigenvalue weighted by atomic mass is 10.1. The Morgan fingerprint density at radius 1 is 1.30 bits per heavy atom. The average Bonchev–Trinajstić information content (AvgIpc) is 2.46. The van der Waals surface area contributed by atoms with E-state index in [0.29, 0.717) is 12.6 Å². The van der Waals surface area contributed by atoms with E-state index >= 15 is 0 Å². The molecule has 1 atom stereocenters. The summed E-state index contributed by atoms with van der Waals surface area (Å²) < 4.78 is 0. The van der Waals surface area contributed by atoms with Crippen LogP contribution in [0.4, 0.5) is 5.82 Å². The number of para-hydroxylation sites is 1. The number of benzene rings is 1. The first-order valence-electron chi connectivity index (χ1n) is 7.49. The fourth-order valence-electron chi connectivity index (χ4n) is 2.61. The third-order valence-corrected chi connectivity index (χ3v) is 3.90. The standard InChI is InChI=1S/C17H25N3/c1-4-7-13(2)20(3)17-15(10-11-18)12-14-8-5-6-9-16(14)19-17/h5-6,8-9,12-13H,4,7,10-11,18H2,1-3H3. The summed E-state index contributed by atoms with van der Waals surface area (Å²) in [5.41, 5.74) is 8.06. The Kier molecular flexibility index (Phi) is 4.96. The van der Waals surface area contributed by atoms with Crippen molar-refractivity contribution in [3.63, 3.8) is 0 Å². The lowest BCUT2D eigenvalue weighted by Gasteiger charge is -2.28. The third-order valence-electron chi connectivity index (χ3n) is 3.90. The van der Waals surface area contributed by atoms with E-state index in [-0.39, 0.29) is 0 Å². The molecule has 1 heterocycles. The second-order valence-electron chi connectivity index (χ2n) is 5.45. The smallest absolute Gasteiger partial charge is 0.132 e. The second kappa shape index (κ2) is 6.71. The minimum absolute atomic E-state index is 0.491. The van der Waals surface area contributed by atoms with Gasteiger partial charge in [-0.05, 0) is 44.0 Å². The number of nitrogens with zero attached hydrogens (tertiary/aromatic N) is 2. The summed E-state index contributed by atoms with van der Waals surface area (Å²) in [6, 6.07) is 11.0. The average molecular weight is 271 g/mol. The van der Waals surface area contributed by atoms with E-state index in [2.05, 4.69) is 50.1 Å². The van der Waals surface area contributed by atoms with Gasteiger partial charge in [-0.15, -0.1) is 0 Å². The molecule has 108 valence electrons. The van der Waals surface area contributed by atoms with Gasteiger partial charge >= 0.3 is 0 Å². The third kappa shape index (κ3) is 3.10. The van der Waals surface area contributed by atoms with Crippen LogP contribution in [-0.2, 0) is 6.42 Å². The van der Waals surface area contributed by atoms with Gasteiger partial charge in [0.15, 0.2) is 0 Å². The molecule has 0 amide bonds. The Bertz CT molecular complexity index is 565. The van der Waals surface area contributed by atoms with Crippen molar-refractivity contribution in [1.29, 1.82) is 0 Å². The Hall–Kier alpha value is -1.61. The molecule has 3 nitrogen and oxygen atoms in total. The zero-order valence-corrected chi connectivity index (χ0v) is 12.8. The van der Waals surface area contributed by atoms with Crippen molar-refractivity contribution in [3.05, 3.63) is 35.9 Å². The molecule has 0 saturated heterocycles. The molecule has 2 aromatic rings. The molecule has 1 unspecified atom stereocenters. The zero-order chi connectivity index (χ0) is 14.5. The molecular weight excluding hydrogens is 246 g/mol. The predicted octanol–water partition coefficient (Wildman–Crippen LogP) is 3.36. The van der Waals surface area contributed by atoms with Crippen LogP contribution in [0.2, 0.25) is 0 Å². The van der Waals surface area contributed by atoms with Crippen LogP contribution in [-0.4, -0.2) is 24.6 Å². The number of anilines is 1. The summed E-state index contributed by atoms with van der Waals surface area (Å²) in [7, 11) is 2.14. The summed E-state index contributed by atoms with van der Waals surface area (Å²) in [5, 5.41) is 1.19. The molecular formula is C17H25N3. The number of fused-ring (bicyclic) bond motifs is 1. The van der Waals surface area contributed by atoms with Gasteiger partial charge in [-0.1, -0.05) is 31.5 Å². The summed E-state index contributed by atoms with van der Waals surface area (Å²) in [4.78, 5) is 7.16. The molecule has 0 radical (unpaired) electrons. The molecule has 0 spiro atoms. The summed E-state index contributed by atoms with van der Waals surface area (Å²) >= 11 is 0. The van der Waals surface area contributed by atoms with E-state index in [4.69, 9.17) is 10.7 Å². The molecule has 0 aliphatic carbocycles. The van der Waals surface area contributed by atoms with Crippen LogP contribution in [0.3, 0.4) is 0 Å². The molecule has 1 aromatic heterocycles. The monoisotopic (exact) mass is 271 g/mol. The molecule has 0 aliphatic rings. The maximum atomic E-state index is 5.76. The van der Waals surface area contributed by atoms with Gasteiger partial charge in [0.05, 0.1) is 5.52 Å². The Labute approximate surface area is 121 Å². The van der Waals surface area contributed by atoms with Gasteiger partial charge in [0.1, 0.15) is 5.82 Å². The Balaban J connectivity index is 2.45. The SMILES string of the molecule is CCCC(C)N(C)c1nc2ccccc2cc1CCN. The number of pyridine rings is 1. The lowest BCUT2D eigenvalue weighted by Crippen LogP contribution is -2.30. The van der Waals surface area contributed by atoms with Crippen molar-refractivity contribution in [2.75, 3.05) is 18.5 Å². The maximum Gasteiger partial charge on any atom is 0.132 e. The van der Waals surface area contributed by atoms with Crippen LogP contribution < -0.4 is 10.6 Å². The molecule has 2 rings (SSSR count). The fraction of sp³-hybridized carbons (Fsp3) is 0.471. The van der Waals surface area contributed by atoms with Gasteiger partial charge in [0, 0.05) is 18.5 Å². The zero-order valence-electron chi connectivity index (χ0n) is 12.8. The highest BCUT2D eigenvalue weighted by Gasteiger charge is 2.15. The molecule has 20 heavy (non-hydrogen) atoms. The van der Waals surface area contributed by atoms with Crippen LogP contribution in [0.1, 0.15) is 32.3 Å². The van der Waals surface area contributed by atoms with Crippen molar-refractivity contribution in [3.8, 4) is 0 Å². The molecule has 0 fully saturated rings. The molecule has 0 saturated carbocycles. The van der Waals surface area contributed by atoms with Crippen molar-refractivity contribution < 1.29 is 0 Å². The van der Waals surface area contributed by atoms with Gasteiger partial charge in [-0.3, -0.25) is 0 Å². The van der Waals surface area contributed by atoms with E-state index in [0.717, 1.165) is 17.8 Å². The number of aromatic nitrogens is 1. The summed E-state index contributed by atoms with van der Waals surface area (Å²) in [6.07, 6.45) is 3.23. The van der Waals surface area contributed by atoms with Gasteiger partial charge in [0.2, 0.25) is 0 Å². The number of hydrogen-bond acceptors (Lipinski definition) is 3. The highest BCUT2D eigenvalue weighted by Crippen LogP contribution is 2.25. The van der Waals surface area contributed by atoms with Gasteiger partial charge < -0.3 is 10.6 Å². The van der Waals surface area contributed by atoms with Crippen molar-refractivity contribution in [1.82, 2.24) is 4.98 Å². The molecule has 3 heteroatoms. The van der Waals surface area contributed by atoms with E-state index in [9.17, 15) is 0 Å². The van der Waals surface area contributed by atoms with E-state index in [1.807, 2.05) is 6.07 Å². The highest BCUT2D eigenvalue weighted by atomic mass is 15.2. The minimum atomic E-state index is 0.491. The first-order valence-corrected chi connectivity index (χ1v) is 7.49. The highest BCUT2D eigenvalue weighted by molar-refractivity contribution is 5.81. The fourth-order valence-corrected chi connectivity index (χ4v) is 2.61. The van der Waals surface area contributed by atoms with Gasteiger partial charge in [-0.2, -0.15) is 0 Å². The number of hydrogen-bond donors (Lipinski definition) is 1. The molecule has 1 aromatic carbocycles. The first-order chi connectivity index (χ1) is 9.67. The van der Waals surface area contributed by atoms with E-state index < -0.39 is 0 Å². The van der Waals surface area contributed by atoms with Crippen LogP contribution in [0.5, 0.6) is 0 Å². The van der Waals surface area contributed by atoms with E-state index in [1.165, 1.54) is 23.8 Å². The summed E-state index contributed by atoms with van der Waals surface area (Å²) in [5.74, 6) is 1.08. The topological polar surface area (TPSA) is 42.2 Å². The van der Waals surface area contributed by atoms with Crippen molar-refractivity contribution in [2.24, 2.45) is 5.73 Å². The van der Waals surface area contributed by atoms with Gasteiger partial charge in [0.25, 0.3) is 0 Å². The van der Waals surface area contributed by atoms with E-state index in [1.54, 1.807) is 0 Å². The van der Waals surface area contributed by atoms with Crippen LogP contribution in [0.15, 0.2) is 30.3 Å². The first kappa shape index (κ1) is 14.8. The molecule has 2 N–H and O–H groups in total. The maximum absolute atomic E-state index is 5.76. The predicted molar refractivity (Wildman–Crippen MR) is 87.3 cm³/mol. The van der Waals surface area contributed by atoms with Crippen molar-refractivity contribution in [2.45, 2.75) is 39.2 Å². The van der Waals surface area contributed by atoms with Crippen LogP contribution in [0, 0.1) is 0 Å². The quantitative estimate of drug-likeness (QED) is 0.876. The Morgan fingerprint density at radius 2 is 2.05 bits per heavy atom. The van der Waals surface area contributed by atoms with Crippen molar-refractivity contribution >= 4 is 16.7 Å². The van der Waals surface area contributed by atoms with Crippen LogP contribution >= 0.6 is 0 Å². The lowest BCUT2D eigenvalue weighted by molar-refractivity contribution is 0.609. The Morgan fingerprint density at radius 3 is 2.75 bits per heavy atom.